The number of fused-ring (bicyclic) bond motifs is 1. The molecule has 0 aliphatic carbocycles. The molecule has 1 aliphatic rings. The molecule has 0 saturated heterocycles. The largest absolute Gasteiger partial charge is 0.486 e. The first-order valence-electron chi connectivity index (χ1n) is 8.03. The predicted octanol–water partition coefficient (Wildman–Crippen LogP) is 2.45. The molecule has 5 heteroatoms. The summed E-state index contributed by atoms with van der Waals surface area (Å²) in [5, 5.41) is 2.98. The van der Waals surface area contributed by atoms with Gasteiger partial charge in [0.2, 0.25) is 0 Å². The van der Waals surface area contributed by atoms with Crippen molar-refractivity contribution in [2.75, 3.05) is 27.3 Å². The van der Waals surface area contributed by atoms with Crippen LogP contribution in [0.2, 0.25) is 0 Å². The smallest absolute Gasteiger partial charge is 0.251 e. The van der Waals surface area contributed by atoms with Crippen LogP contribution >= 0.6 is 0 Å². The second-order valence-electron chi connectivity index (χ2n) is 6.05. The predicted molar refractivity (Wildman–Crippen MR) is 92.4 cm³/mol. The van der Waals surface area contributed by atoms with E-state index in [2.05, 4.69) is 16.3 Å². The van der Waals surface area contributed by atoms with Crippen molar-refractivity contribution in [1.82, 2.24) is 10.2 Å². The number of amides is 1. The Morgan fingerprint density at radius 3 is 2.50 bits per heavy atom. The molecule has 24 heavy (non-hydrogen) atoms. The van der Waals surface area contributed by atoms with Crippen molar-refractivity contribution in [3.63, 3.8) is 0 Å². The topological polar surface area (TPSA) is 50.8 Å². The Morgan fingerprint density at radius 2 is 1.75 bits per heavy atom. The molecule has 1 aliphatic heterocycles. The van der Waals surface area contributed by atoms with Crippen molar-refractivity contribution >= 4 is 5.91 Å². The summed E-state index contributed by atoms with van der Waals surface area (Å²) in [6, 6.07) is 13.4. The number of hydrogen-bond donors (Lipinski definition) is 1. The molecule has 0 spiro atoms. The molecular weight excluding hydrogens is 304 g/mol. The number of ether oxygens (including phenoxy) is 2. The maximum absolute atomic E-state index is 12.4. The molecule has 0 aromatic heterocycles. The molecule has 0 bridgehead atoms. The van der Waals surface area contributed by atoms with E-state index < -0.39 is 0 Å². The summed E-state index contributed by atoms with van der Waals surface area (Å²) < 4.78 is 11.0. The molecule has 1 amide bonds. The maximum atomic E-state index is 12.4. The molecule has 3 rings (SSSR count). The van der Waals surface area contributed by atoms with Crippen LogP contribution in [-0.4, -0.2) is 38.1 Å². The van der Waals surface area contributed by atoms with E-state index in [1.54, 1.807) is 18.2 Å². The van der Waals surface area contributed by atoms with E-state index in [1.807, 2.05) is 32.3 Å². The Hall–Kier alpha value is -2.53. The van der Waals surface area contributed by atoms with Gasteiger partial charge in [-0.3, -0.25) is 4.79 Å². The van der Waals surface area contributed by atoms with Gasteiger partial charge in [-0.05, 0) is 43.4 Å². The minimum atomic E-state index is -0.119. The second kappa shape index (κ2) is 7.36. The third-order valence-corrected chi connectivity index (χ3v) is 3.85. The average molecular weight is 326 g/mol. The zero-order valence-electron chi connectivity index (χ0n) is 14.0. The van der Waals surface area contributed by atoms with E-state index in [4.69, 9.17) is 9.47 Å². The number of nitrogens with zero attached hydrogens (tertiary/aromatic N) is 1. The molecule has 126 valence electrons. The fourth-order valence-corrected chi connectivity index (χ4v) is 2.69. The van der Waals surface area contributed by atoms with Crippen molar-refractivity contribution in [3.8, 4) is 11.5 Å². The lowest BCUT2D eigenvalue weighted by Gasteiger charge is -2.19. The summed E-state index contributed by atoms with van der Waals surface area (Å²) in [5.41, 5.74) is 2.91. The highest BCUT2D eigenvalue weighted by Crippen LogP contribution is 2.30. The molecule has 0 atom stereocenters. The molecule has 1 N–H and O–H groups in total. The molecule has 0 fully saturated rings. The van der Waals surface area contributed by atoms with E-state index in [0.717, 1.165) is 12.1 Å². The molecule has 2 aromatic carbocycles. The van der Waals surface area contributed by atoms with Crippen LogP contribution in [-0.2, 0) is 13.1 Å². The Kier molecular flexibility index (Phi) is 5.01. The van der Waals surface area contributed by atoms with Gasteiger partial charge < -0.3 is 19.7 Å². The number of hydrogen-bond acceptors (Lipinski definition) is 4. The zero-order valence-corrected chi connectivity index (χ0v) is 14.0. The fourth-order valence-electron chi connectivity index (χ4n) is 2.69. The third-order valence-electron chi connectivity index (χ3n) is 3.85. The van der Waals surface area contributed by atoms with Gasteiger partial charge in [-0.15, -0.1) is 0 Å². The van der Waals surface area contributed by atoms with Crippen LogP contribution in [0, 0.1) is 0 Å². The number of carbonyl (C=O) groups is 1. The van der Waals surface area contributed by atoms with Crippen LogP contribution in [0.3, 0.4) is 0 Å². The first-order chi connectivity index (χ1) is 11.6. The minimum absolute atomic E-state index is 0.119. The number of rotatable bonds is 5. The summed E-state index contributed by atoms with van der Waals surface area (Å²) >= 11 is 0. The van der Waals surface area contributed by atoms with Crippen molar-refractivity contribution in [2.24, 2.45) is 0 Å². The first kappa shape index (κ1) is 16.3. The van der Waals surface area contributed by atoms with E-state index >= 15 is 0 Å². The average Bonchev–Trinajstić information content (AvgIpc) is 2.60. The highest BCUT2D eigenvalue weighted by molar-refractivity contribution is 5.94. The van der Waals surface area contributed by atoms with Gasteiger partial charge in [-0.1, -0.05) is 24.3 Å². The molecular formula is C19H22N2O3. The van der Waals surface area contributed by atoms with Gasteiger partial charge in [0.15, 0.2) is 11.5 Å². The molecule has 0 radical (unpaired) electrons. The van der Waals surface area contributed by atoms with Gasteiger partial charge in [0, 0.05) is 18.7 Å². The summed E-state index contributed by atoms with van der Waals surface area (Å²) in [7, 11) is 4.06. The zero-order chi connectivity index (χ0) is 16.9. The summed E-state index contributed by atoms with van der Waals surface area (Å²) in [4.78, 5) is 14.5. The SMILES string of the molecule is CN(C)Cc1ccccc1CNC(=O)c1ccc2c(c1)OCCO2. The Morgan fingerprint density at radius 1 is 1.04 bits per heavy atom. The highest BCUT2D eigenvalue weighted by Gasteiger charge is 2.15. The monoisotopic (exact) mass is 326 g/mol. The molecule has 0 unspecified atom stereocenters. The maximum Gasteiger partial charge on any atom is 0.251 e. The van der Waals surface area contributed by atoms with Crippen LogP contribution < -0.4 is 14.8 Å². The quantitative estimate of drug-likeness (QED) is 0.917. The summed E-state index contributed by atoms with van der Waals surface area (Å²) in [5.74, 6) is 1.20. The normalized spacial score (nSPS) is 13.0. The van der Waals surface area contributed by atoms with Crippen LogP contribution in [0.15, 0.2) is 42.5 Å². The van der Waals surface area contributed by atoms with Crippen molar-refractivity contribution in [2.45, 2.75) is 13.1 Å². The van der Waals surface area contributed by atoms with Crippen molar-refractivity contribution in [1.29, 1.82) is 0 Å². The van der Waals surface area contributed by atoms with Crippen LogP contribution in [0.25, 0.3) is 0 Å². The van der Waals surface area contributed by atoms with E-state index in [1.165, 1.54) is 5.56 Å². The second-order valence-corrected chi connectivity index (χ2v) is 6.05. The van der Waals surface area contributed by atoms with E-state index in [9.17, 15) is 4.79 Å². The summed E-state index contributed by atoms with van der Waals surface area (Å²) in [6.45, 7) is 2.39. The van der Waals surface area contributed by atoms with Gasteiger partial charge in [-0.25, -0.2) is 0 Å². The van der Waals surface area contributed by atoms with Crippen LogP contribution in [0.5, 0.6) is 11.5 Å². The fraction of sp³-hybridized carbons (Fsp3) is 0.316. The summed E-state index contributed by atoms with van der Waals surface area (Å²) in [6.07, 6.45) is 0. The lowest BCUT2D eigenvalue weighted by molar-refractivity contribution is 0.0949. The number of benzene rings is 2. The highest BCUT2D eigenvalue weighted by atomic mass is 16.6. The Labute approximate surface area is 142 Å². The van der Waals surface area contributed by atoms with Gasteiger partial charge in [0.05, 0.1) is 0 Å². The van der Waals surface area contributed by atoms with Crippen LogP contribution in [0.4, 0.5) is 0 Å². The van der Waals surface area contributed by atoms with Crippen LogP contribution in [0.1, 0.15) is 21.5 Å². The Balaban J connectivity index is 1.68. The lowest BCUT2D eigenvalue weighted by atomic mass is 10.1. The van der Waals surface area contributed by atoms with Gasteiger partial charge >= 0.3 is 0 Å². The van der Waals surface area contributed by atoms with Gasteiger partial charge in [0.1, 0.15) is 13.2 Å². The Bertz CT molecular complexity index is 728. The standard InChI is InChI=1S/C19H22N2O3/c1-21(2)13-16-6-4-3-5-15(16)12-20-19(22)14-7-8-17-18(11-14)24-10-9-23-17/h3-8,11H,9-10,12-13H2,1-2H3,(H,20,22). The number of carbonyl (C=O) groups excluding carboxylic acids is 1. The van der Waals surface area contributed by atoms with Gasteiger partial charge in [-0.2, -0.15) is 0 Å². The van der Waals surface area contributed by atoms with E-state index in [-0.39, 0.29) is 5.91 Å². The molecule has 0 saturated carbocycles. The van der Waals surface area contributed by atoms with E-state index in [0.29, 0.717) is 36.8 Å². The third kappa shape index (κ3) is 3.86. The first-order valence-corrected chi connectivity index (χ1v) is 8.03. The van der Waals surface area contributed by atoms with Crippen molar-refractivity contribution < 1.29 is 14.3 Å². The number of nitrogens with one attached hydrogen (secondary N) is 1. The van der Waals surface area contributed by atoms with Crippen molar-refractivity contribution in [3.05, 3.63) is 59.2 Å². The molecule has 5 nitrogen and oxygen atoms in total. The molecule has 1 heterocycles. The molecule has 2 aromatic rings. The minimum Gasteiger partial charge on any atom is -0.486 e. The lowest BCUT2D eigenvalue weighted by Crippen LogP contribution is -2.24. The van der Waals surface area contributed by atoms with Gasteiger partial charge in [0.25, 0.3) is 5.91 Å².